The van der Waals surface area contributed by atoms with Crippen molar-refractivity contribution >= 4 is 41.2 Å². The van der Waals surface area contributed by atoms with Crippen LogP contribution in [0.5, 0.6) is 5.75 Å². The first-order valence-electron chi connectivity index (χ1n) is 12.5. The monoisotopic (exact) mass is 605 g/mol. The van der Waals surface area contributed by atoms with Crippen LogP contribution >= 0.6 is 11.8 Å². The van der Waals surface area contributed by atoms with Gasteiger partial charge in [0.15, 0.2) is 5.75 Å². The van der Waals surface area contributed by atoms with Gasteiger partial charge in [0.25, 0.3) is 11.8 Å². The van der Waals surface area contributed by atoms with E-state index in [-0.39, 0.29) is 17.7 Å². The highest BCUT2D eigenvalue weighted by Crippen LogP contribution is 2.54. The van der Waals surface area contributed by atoms with Gasteiger partial charge in [0.2, 0.25) is 4.93 Å². The third-order valence-corrected chi connectivity index (χ3v) is 8.28. The summed E-state index contributed by atoms with van der Waals surface area (Å²) in [6.45, 7) is -1.37. The average Bonchev–Trinajstić information content (AvgIpc) is 3.30. The molecule has 4 unspecified atom stereocenters. The minimum atomic E-state index is -5.16. The second-order valence-electron chi connectivity index (χ2n) is 9.21. The number of para-hydroxylation sites is 1. The zero-order chi connectivity index (χ0) is 30.7. The van der Waals surface area contributed by atoms with E-state index in [1.54, 1.807) is 30.4 Å². The van der Waals surface area contributed by atoms with Gasteiger partial charge in [-0.15, -0.1) is 13.2 Å². The fourth-order valence-corrected chi connectivity index (χ4v) is 6.49. The van der Waals surface area contributed by atoms with Gasteiger partial charge in [-0.25, -0.2) is 0 Å². The number of rotatable bonds is 9. The van der Waals surface area contributed by atoms with Gasteiger partial charge in [-0.3, -0.25) is 24.1 Å². The van der Waals surface area contributed by atoms with Crippen LogP contribution in [0, 0.1) is 11.8 Å². The van der Waals surface area contributed by atoms with E-state index >= 15 is 0 Å². The number of ether oxygens (including phenoxy) is 3. The first kappa shape index (κ1) is 30.7. The van der Waals surface area contributed by atoms with E-state index in [1.165, 1.54) is 36.4 Å². The number of nitrogens with zero attached hydrogens (tertiary/aromatic N) is 1. The van der Waals surface area contributed by atoms with Crippen molar-refractivity contribution in [1.82, 2.24) is 0 Å². The van der Waals surface area contributed by atoms with Crippen LogP contribution in [0.2, 0.25) is 0 Å². The molecule has 2 aromatic carbocycles. The zero-order valence-corrected chi connectivity index (χ0v) is 22.9. The van der Waals surface area contributed by atoms with Gasteiger partial charge in [0, 0.05) is 28.8 Å². The van der Waals surface area contributed by atoms with Crippen molar-refractivity contribution in [2.24, 2.45) is 23.3 Å². The van der Waals surface area contributed by atoms with E-state index in [2.05, 4.69) is 4.74 Å². The van der Waals surface area contributed by atoms with E-state index in [0.717, 1.165) is 24.9 Å². The molecule has 1 aliphatic carbocycles. The number of methoxy groups -OCH3 is 1. The molecule has 222 valence electrons. The van der Waals surface area contributed by atoms with Gasteiger partial charge < -0.3 is 25.7 Å². The lowest BCUT2D eigenvalue weighted by Crippen LogP contribution is -2.53. The summed E-state index contributed by atoms with van der Waals surface area (Å²) in [6.07, 6.45) is 1.54. The second kappa shape index (κ2) is 12.3. The highest BCUT2D eigenvalue weighted by molar-refractivity contribution is 8.02. The summed E-state index contributed by atoms with van der Waals surface area (Å²) < 4.78 is 55.0. The predicted octanol–water partition coefficient (Wildman–Crippen LogP) is 3.06. The van der Waals surface area contributed by atoms with E-state index in [9.17, 15) is 32.3 Å². The first-order valence-corrected chi connectivity index (χ1v) is 13.4. The molecule has 1 heterocycles. The van der Waals surface area contributed by atoms with Crippen LogP contribution < -0.4 is 21.1 Å². The number of amides is 2. The Kier molecular flexibility index (Phi) is 8.97. The molecule has 2 aromatic rings. The zero-order valence-electron chi connectivity index (χ0n) is 22.1. The summed E-state index contributed by atoms with van der Waals surface area (Å²) in [6, 6.07) is 11.2. The van der Waals surface area contributed by atoms with Crippen LogP contribution in [0.1, 0.15) is 15.9 Å². The van der Waals surface area contributed by atoms with E-state index in [1.807, 2.05) is 0 Å². The number of nitrogens with two attached hydrogens (primary N) is 2. The summed E-state index contributed by atoms with van der Waals surface area (Å²) in [5, 5.41) is -0.491. The van der Waals surface area contributed by atoms with Crippen molar-refractivity contribution in [2.75, 3.05) is 18.6 Å². The number of hydrogen-bond acceptors (Lipinski definition) is 9. The van der Waals surface area contributed by atoms with Crippen molar-refractivity contribution in [3.63, 3.8) is 0 Å². The van der Waals surface area contributed by atoms with Crippen LogP contribution in [0.15, 0.2) is 72.8 Å². The van der Waals surface area contributed by atoms with Gasteiger partial charge in [-0.2, -0.15) is 0 Å². The molecule has 1 aliphatic heterocycles. The second-order valence-corrected chi connectivity index (χ2v) is 10.6. The number of allylic oxidation sites excluding steroid dienone is 3. The average molecular weight is 606 g/mol. The van der Waals surface area contributed by atoms with Crippen molar-refractivity contribution in [1.29, 1.82) is 0 Å². The number of thioether (sulfide) groups is 1. The molecule has 42 heavy (non-hydrogen) atoms. The van der Waals surface area contributed by atoms with Crippen molar-refractivity contribution in [3.8, 4) is 5.75 Å². The van der Waals surface area contributed by atoms with Crippen LogP contribution in [0.3, 0.4) is 0 Å². The molecule has 4 atom stereocenters. The Morgan fingerprint density at radius 1 is 1.02 bits per heavy atom. The summed E-state index contributed by atoms with van der Waals surface area (Å²) in [5.41, 5.74) is 10.8. The minimum absolute atomic E-state index is 0.0231. The quantitative estimate of drug-likeness (QED) is 0.411. The number of anilines is 1. The van der Waals surface area contributed by atoms with Crippen LogP contribution in [-0.4, -0.2) is 54.0 Å². The molecule has 0 radical (unpaired) electrons. The fourth-order valence-electron chi connectivity index (χ4n) is 4.85. The maximum absolute atomic E-state index is 13.6. The molecule has 0 saturated carbocycles. The topological polar surface area (TPSA) is 151 Å². The molecule has 0 bridgehead atoms. The van der Waals surface area contributed by atoms with E-state index in [0.29, 0.717) is 4.90 Å². The standard InChI is InChI=1S/C28H26F3N3O7S/c1-39-25(37)22-18-11-5-6-13-20(18)42-27(22,26(33)38)40-21(35)15-34(24(36)16-8-3-2-4-9-16)19-12-7-10-17(14-32)23(19)41-28(29,30)31/h2-13,18,20,22H,14-15,32H2,1H3,(H2,33,38). The lowest BCUT2D eigenvalue weighted by Gasteiger charge is -2.32. The number of benzene rings is 2. The number of hydrogen-bond donors (Lipinski definition) is 2. The molecule has 14 heteroatoms. The number of halogens is 3. The molecule has 0 spiro atoms. The predicted molar refractivity (Wildman–Crippen MR) is 146 cm³/mol. The Morgan fingerprint density at radius 2 is 1.71 bits per heavy atom. The summed E-state index contributed by atoms with van der Waals surface area (Å²) in [4.78, 5) is 51.4. The molecule has 4 rings (SSSR count). The molecule has 4 N–H and O–H groups in total. The minimum Gasteiger partial charge on any atom is -0.469 e. The Morgan fingerprint density at radius 3 is 2.33 bits per heavy atom. The molecule has 0 aromatic heterocycles. The number of carbonyl (C=O) groups excluding carboxylic acids is 4. The highest BCUT2D eigenvalue weighted by Gasteiger charge is 2.63. The van der Waals surface area contributed by atoms with Gasteiger partial charge >= 0.3 is 18.3 Å². The van der Waals surface area contributed by atoms with Crippen LogP contribution in [0.4, 0.5) is 18.9 Å². The first-order chi connectivity index (χ1) is 19.9. The largest absolute Gasteiger partial charge is 0.573 e. The smallest absolute Gasteiger partial charge is 0.469 e. The number of fused-ring (bicyclic) bond motifs is 1. The maximum Gasteiger partial charge on any atom is 0.573 e. The normalized spacial score (nSPS) is 22.6. The highest BCUT2D eigenvalue weighted by atomic mass is 32.2. The maximum atomic E-state index is 13.6. The molecular formula is C28H26F3N3O7S. The van der Waals surface area contributed by atoms with Gasteiger partial charge in [0.05, 0.1) is 12.8 Å². The third-order valence-electron chi connectivity index (χ3n) is 6.65. The molecule has 10 nitrogen and oxygen atoms in total. The summed E-state index contributed by atoms with van der Waals surface area (Å²) in [5.74, 6) is -6.90. The SMILES string of the molecule is COC(=O)C1C2C=CC=CC2SC1(OC(=O)CN(C(=O)c1ccccc1)c1cccc(CN)c1OC(F)(F)F)C(N)=O. The fraction of sp³-hybridized carbons (Fsp3) is 0.286. The van der Waals surface area contributed by atoms with E-state index < -0.39 is 70.1 Å². The number of alkyl halides is 3. The number of carbonyl (C=O) groups is 4. The van der Waals surface area contributed by atoms with Gasteiger partial charge in [-0.1, -0.05) is 66.4 Å². The molecular weight excluding hydrogens is 579 g/mol. The van der Waals surface area contributed by atoms with E-state index in [4.69, 9.17) is 20.9 Å². The van der Waals surface area contributed by atoms with Gasteiger partial charge in [-0.05, 0) is 18.2 Å². The molecule has 1 saturated heterocycles. The lowest BCUT2D eigenvalue weighted by molar-refractivity contribution is -0.274. The Hall–Kier alpha value is -4.30. The van der Waals surface area contributed by atoms with Crippen molar-refractivity contribution in [2.45, 2.75) is 23.1 Å². The van der Waals surface area contributed by atoms with Crippen LogP contribution in [-0.2, 0) is 30.4 Å². The Balaban J connectivity index is 1.77. The number of primary amides is 1. The Labute approximate surface area is 242 Å². The summed E-state index contributed by atoms with van der Waals surface area (Å²) in [7, 11) is 1.10. The summed E-state index contributed by atoms with van der Waals surface area (Å²) >= 11 is 0.825. The van der Waals surface area contributed by atoms with Crippen molar-refractivity contribution < 1.29 is 46.6 Å². The van der Waals surface area contributed by atoms with Crippen molar-refractivity contribution in [3.05, 3.63) is 84.0 Å². The Bertz CT molecular complexity index is 1430. The molecule has 2 amide bonds. The van der Waals surface area contributed by atoms with Gasteiger partial charge in [0.1, 0.15) is 12.5 Å². The lowest BCUT2D eigenvalue weighted by atomic mass is 9.82. The number of esters is 2. The third kappa shape index (κ3) is 6.14. The molecule has 1 fully saturated rings. The molecule has 2 aliphatic rings. The van der Waals surface area contributed by atoms with Crippen LogP contribution in [0.25, 0.3) is 0 Å².